The lowest BCUT2D eigenvalue weighted by atomic mass is 10.1. The van der Waals surface area contributed by atoms with E-state index >= 15 is 0 Å². The molecule has 162 valence electrons. The molecule has 2 N–H and O–H groups in total. The summed E-state index contributed by atoms with van der Waals surface area (Å²) in [7, 11) is 0. The first-order chi connectivity index (χ1) is 15.1. The van der Waals surface area contributed by atoms with Crippen LogP contribution >= 0.6 is 0 Å². The van der Waals surface area contributed by atoms with E-state index in [4.69, 9.17) is 4.74 Å². The third-order valence-corrected chi connectivity index (χ3v) is 4.84. The average Bonchev–Trinajstić information content (AvgIpc) is 2.81. The molecule has 0 saturated carbocycles. The number of carbonyl (C=O) groups excluding carboxylic acids is 1. The second-order valence-electron chi connectivity index (χ2n) is 6.93. The van der Waals surface area contributed by atoms with E-state index < -0.39 is 11.7 Å². The number of ether oxygens (including phenoxy) is 1. The van der Waals surface area contributed by atoms with Crippen molar-refractivity contribution in [3.05, 3.63) is 73.2 Å². The molecule has 3 aromatic rings. The minimum atomic E-state index is -0.536. The molecule has 2 aromatic carbocycles. The summed E-state index contributed by atoms with van der Waals surface area (Å²) >= 11 is 0. The van der Waals surface area contributed by atoms with Crippen LogP contribution < -0.4 is 15.5 Å². The summed E-state index contributed by atoms with van der Waals surface area (Å²) in [4.78, 5) is 22.6. The van der Waals surface area contributed by atoms with Gasteiger partial charge in [-0.25, -0.2) is 14.4 Å². The lowest BCUT2D eigenvalue weighted by Gasteiger charge is -2.29. The fourth-order valence-electron chi connectivity index (χ4n) is 3.27. The molecule has 0 spiro atoms. The zero-order valence-electron chi connectivity index (χ0n) is 16.8. The van der Waals surface area contributed by atoms with Crippen molar-refractivity contribution in [2.45, 2.75) is 0 Å². The van der Waals surface area contributed by atoms with Gasteiger partial charge in [0.1, 0.15) is 5.82 Å². The monoisotopic (exact) mass is 423 g/mol. The third kappa shape index (κ3) is 5.04. The predicted octanol–water partition coefficient (Wildman–Crippen LogP) is 4.48. The summed E-state index contributed by atoms with van der Waals surface area (Å²) in [6.07, 6.45) is 2.71. The van der Waals surface area contributed by atoms with Gasteiger partial charge in [-0.3, -0.25) is 4.79 Å². The van der Waals surface area contributed by atoms with Crippen LogP contribution in [0.15, 0.2) is 67.4 Å². The Balaban J connectivity index is 0.00000193. The molecule has 2 heterocycles. The molecule has 1 aliphatic rings. The van der Waals surface area contributed by atoms with E-state index in [1.807, 2.05) is 18.2 Å². The summed E-state index contributed by atoms with van der Waals surface area (Å²) < 4.78 is 19.5. The zero-order chi connectivity index (χ0) is 21.6. The van der Waals surface area contributed by atoms with Crippen molar-refractivity contribution >= 4 is 28.9 Å². The molecule has 0 bridgehead atoms. The molecule has 1 aliphatic heterocycles. The number of rotatable bonds is 6. The summed E-state index contributed by atoms with van der Waals surface area (Å²) in [5.41, 5.74) is 3.27. The topological polar surface area (TPSA) is 79.4 Å². The van der Waals surface area contributed by atoms with Gasteiger partial charge in [-0.15, -0.1) is 0 Å². The Morgan fingerprint density at radius 1 is 1.19 bits per heavy atom. The van der Waals surface area contributed by atoms with E-state index in [2.05, 4.69) is 38.1 Å². The summed E-state index contributed by atoms with van der Waals surface area (Å²) in [5, 5.41) is 5.68. The third-order valence-electron chi connectivity index (χ3n) is 4.84. The number of benzene rings is 2. The molecule has 1 aromatic heterocycles. The summed E-state index contributed by atoms with van der Waals surface area (Å²) in [5.74, 6) is -0.606. The first kappa shape index (κ1) is 20.5. The van der Waals surface area contributed by atoms with E-state index in [-0.39, 0.29) is 8.54 Å². The smallest absolute Gasteiger partial charge is 0.247 e. The lowest BCUT2D eigenvalue weighted by molar-refractivity contribution is -0.111. The maximum absolute atomic E-state index is 14.0. The fraction of sp³-hybridized carbons (Fsp3) is 0.174. The SMILES string of the molecule is C=CC(=O)Nc1cc(-c2ccnc(Nc3cccc(N4CCOCC4)c3)n2)ccc1F.[HH].[HH]. The van der Waals surface area contributed by atoms with Crippen molar-refractivity contribution in [3.8, 4) is 11.3 Å². The number of hydrogen-bond donors (Lipinski definition) is 2. The van der Waals surface area contributed by atoms with Gasteiger partial charge in [-0.2, -0.15) is 0 Å². The number of halogens is 1. The number of morpholine rings is 1. The number of carbonyl (C=O) groups is 1. The van der Waals surface area contributed by atoms with Crippen LogP contribution in [0.2, 0.25) is 0 Å². The first-order valence-corrected chi connectivity index (χ1v) is 9.88. The van der Waals surface area contributed by atoms with Gasteiger partial charge in [0, 0.05) is 39.1 Å². The summed E-state index contributed by atoms with van der Waals surface area (Å²) in [6.45, 7) is 6.52. The van der Waals surface area contributed by atoms with Crippen molar-refractivity contribution in [1.29, 1.82) is 0 Å². The van der Waals surface area contributed by atoms with Crippen LogP contribution in [0.4, 0.5) is 27.4 Å². The molecule has 7 nitrogen and oxygen atoms in total. The number of aromatic nitrogens is 2. The van der Waals surface area contributed by atoms with Gasteiger partial charge in [0.25, 0.3) is 0 Å². The lowest BCUT2D eigenvalue weighted by Crippen LogP contribution is -2.36. The molecule has 31 heavy (non-hydrogen) atoms. The largest absolute Gasteiger partial charge is 0.378 e. The number of anilines is 4. The molecule has 0 unspecified atom stereocenters. The maximum Gasteiger partial charge on any atom is 0.247 e. The van der Waals surface area contributed by atoms with Crippen molar-refractivity contribution in [2.24, 2.45) is 0 Å². The van der Waals surface area contributed by atoms with E-state index in [0.29, 0.717) is 17.2 Å². The van der Waals surface area contributed by atoms with Crippen LogP contribution in [0.5, 0.6) is 0 Å². The maximum atomic E-state index is 14.0. The fourth-order valence-corrected chi connectivity index (χ4v) is 3.27. The van der Waals surface area contributed by atoms with E-state index in [1.54, 1.807) is 18.3 Å². The molecule has 1 saturated heterocycles. The van der Waals surface area contributed by atoms with Crippen molar-refractivity contribution < 1.29 is 16.8 Å². The van der Waals surface area contributed by atoms with Crippen molar-refractivity contribution in [2.75, 3.05) is 41.8 Å². The first-order valence-electron chi connectivity index (χ1n) is 9.88. The molecule has 0 radical (unpaired) electrons. The van der Waals surface area contributed by atoms with Crippen LogP contribution in [-0.2, 0) is 9.53 Å². The minimum Gasteiger partial charge on any atom is -0.378 e. The Morgan fingerprint density at radius 3 is 2.84 bits per heavy atom. The van der Waals surface area contributed by atoms with Crippen LogP contribution in [0.3, 0.4) is 0 Å². The quantitative estimate of drug-likeness (QED) is 0.569. The second-order valence-corrected chi connectivity index (χ2v) is 6.93. The van der Waals surface area contributed by atoms with Crippen LogP contribution in [0, 0.1) is 5.82 Å². The highest BCUT2D eigenvalue weighted by atomic mass is 19.1. The molecular weight excluding hydrogens is 397 g/mol. The van der Waals surface area contributed by atoms with Crippen molar-refractivity contribution in [1.82, 2.24) is 9.97 Å². The second kappa shape index (κ2) is 9.36. The number of nitrogens with zero attached hydrogens (tertiary/aromatic N) is 3. The number of nitrogens with one attached hydrogen (secondary N) is 2. The Labute approximate surface area is 182 Å². The van der Waals surface area contributed by atoms with Gasteiger partial charge in [-0.05, 0) is 48.5 Å². The molecule has 4 rings (SSSR count). The Morgan fingerprint density at radius 2 is 2.03 bits per heavy atom. The Hall–Kier alpha value is -3.78. The number of hydrogen-bond acceptors (Lipinski definition) is 6. The van der Waals surface area contributed by atoms with Gasteiger partial charge in [0.15, 0.2) is 0 Å². The molecular formula is C23H26FN5O2. The van der Waals surface area contributed by atoms with Crippen molar-refractivity contribution in [3.63, 3.8) is 0 Å². The van der Waals surface area contributed by atoms with Gasteiger partial charge < -0.3 is 20.3 Å². The van der Waals surface area contributed by atoms with Gasteiger partial charge in [0.05, 0.1) is 24.6 Å². The minimum absolute atomic E-state index is 0. The highest BCUT2D eigenvalue weighted by Crippen LogP contribution is 2.26. The van der Waals surface area contributed by atoms with E-state index in [9.17, 15) is 9.18 Å². The van der Waals surface area contributed by atoms with Crippen LogP contribution in [0.25, 0.3) is 11.3 Å². The summed E-state index contributed by atoms with van der Waals surface area (Å²) in [6, 6.07) is 14.2. The number of amides is 1. The van der Waals surface area contributed by atoms with E-state index in [1.165, 1.54) is 12.1 Å². The van der Waals surface area contributed by atoms with Crippen LogP contribution in [-0.4, -0.2) is 42.2 Å². The highest BCUT2D eigenvalue weighted by molar-refractivity contribution is 5.99. The standard InChI is InChI=1S/C23H22FN5O2.2H2/c1-2-22(30)27-21-14-16(6-7-19(21)24)20-8-9-25-23(28-20)26-17-4-3-5-18(15-17)29-10-12-31-13-11-29;;/h2-9,14-15H,1,10-13H2,(H,27,30)(H,25,26,28);2*1H. The average molecular weight is 423 g/mol. The Bertz CT molecular complexity index is 1110. The van der Waals surface area contributed by atoms with Gasteiger partial charge >= 0.3 is 0 Å². The van der Waals surface area contributed by atoms with Gasteiger partial charge in [-0.1, -0.05) is 12.6 Å². The Kier molecular flexibility index (Phi) is 6.18. The van der Waals surface area contributed by atoms with E-state index in [0.717, 1.165) is 43.8 Å². The zero-order valence-corrected chi connectivity index (χ0v) is 16.8. The molecule has 1 fully saturated rings. The molecule has 8 heteroatoms. The molecule has 0 atom stereocenters. The van der Waals surface area contributed by atoms with Crippen LogP contribution in [0.1, 0.15) is 2.85 Å². The molecule has 0 aliphatic carbocycles. The van der Waals surface area contributed by atoms with Gasteiger partial charge in [0.2, 0.25) is 11.9 Å². The predicted molar refractivity (Wildman–Crippen MR) is 123 cm³/mol. The molecule has 1 amide bonds. The normalized spacial score (nSPS) is 13.5. The highest BCUT2D eigenvalue weighted by Gasteiger charge is 2.12.